The minimum absolute atomic E-state index is 0.132. The topological polar surface area (TPSA) is 41.9 Å². The van der Waals surface area contributed by atoms with Gasteiger partial charge in [-0.2, -0.15) is 0 Å². The van der Waals surface area contributed by atoms with Crippen molar-refractivity contribution in [2.75, 3.05) is 39.5 Å². The van der Waals surface area contributed by atoms with E-state index in [0.717, 1.165) is 38.5 Å². The van der Waals surface area contributed by atoms with Crippen LogP contribution < -0.4 is 4.74 Å². The third kappa shape index (κ3) is 6.96. The standard InChI is InChI=1S/C21H35NO3/c1-20(2,3)16-21(4,5)17-6-8-19(9-7-17)25-15-18(23)14-22-10-12-24-13-11-22/h6-9,18,23H,10-16H2,1-5H3/t18-/m0/s1. The minimum atomic E-state index is -0.477. The zero-order valence-electron chi connectivity index (χ0n) is 16.5. The molecular formula is C21H35NO3. The lowest BCUT2D eigenvalue weighted by Gasteiger charge is -2.33. The third-order valence-electron chi connectivity index (χ3n) is 4.62. The number of rotatable bonds is 7. The molecular weight excluding hydrogens is 314 g/mol. The second-order valence-corrected chi connectivity index (χ2v) is 9.02. The molecule has 142 valence electrons. The lowest BCUT2D eigenvalue weighted by molar-refractivity contribution is 0.00465. The molecule has 1 aliphatic heterocycles. The molecule has 1 saturated heterocycles. The number of aliphatic hydroxyl groups excluding tert-OH is 1. The molecule has 1 N–H and O–H groups in total. The molecule has 4 heteroatoms. The zero-order valence-corrected chi connectivity index (χ0v) is 16.5. The van der Waals surface area contributed by atoms with Gasteiger partial charge in [0.2, 0.25) is 0 Å². The van der Waals surface area contributed by atoms with Gasteiger partial charge in [-0.3, -0.25) is 4.90 Å². The zero-order chi connectivity index (χ0) is 18.5. The van der Waals surface area contributed by atoms with Gasteiger partial charge in [0.05, 0.1) is 13.2 Å². The lowest BCUT2D eigenvalue weighted by Crippen LogP contribution is -2.42. The monoisotopic (exact) mass is 349 g/mol. The maximum atomic E-state index is 10.2. The van der Waals surface area contributed by atoms with Crippen molar-refractivity contribution < 1.29 is 14.6 Å². The predicted octanol–water partition coefficient (Wildman–Crippen LogP) is 3.47. The summed E-state index contributed by atoms with van der Waals surface area (Å²) >= 11 is 0. The number of hydrogen-bond acceptors (Lipinski definition) is 4. The van der Waals surface area contributed by atoms with Crippen LogP contribution in [0.5, 0.6) is 5.75 Å². The van der Waals surface area contributed by atoms with Crippen molar-refractivity contribution in [2.45, 2.75) is 52.6 Å². The van der Waals surface area contributed by atoms with E-state index in [9.17, 15) is 5.11 Å². The van der Waals surface area contributed by atoms with Crippen LogP contribution in [-0.2, 0) is 10.2 Å². The van der Waals surface area contributed by atoms with Gasteiger partial charge in [-0.15, -0.1) is 0 Å². The number of hydrogen-bond donors (Lipinski definition) is 1. The Hall–Kier alpha value is -1.10. The van der Waals surface area contributed by atoms with Gasteiger partial charge in [0.1, 0.15) is 18.5 Å². The van der Waals surface area contributed by atoms with Crippen LogP contribution in [0, 0.1) is 5.41 Å². The highest BCUT2D eigenvalue weighted by molar-refractivity contribution is 5.31. The molecule has 1 aliphatic rings. The van der Waals surface area contributed by atoms with Crippen LogP contribution in [0.2, 0.25) is 0 Å². The molecule has 0 spiro atoms. The van der Waals surface area contributed by atoms with Gasteiger partial charge in [0.15, 0.2) is 0 Å². The van der Waals surface area contributed by atoms with Gasteiger partial charge in [0, 0.05) is 19.6 Å². The molecule has 0 aromatic heterocycles. The molecule has 0 saturated carbocycles. The number of benzene rings is 1. The summed E-state index contributed by atoms with van der Waals surface area (Å²) in [5.74, 6) is 0.816. The van der Waals surface area contributed by atoms with Crippen LogP contribution in [0.15, 0.2) is 24.3 Å². The SMILES string of the molecule is CC(C)(C)CC(C)(C)c1ccc(OC[C@@H](O)CN2CCOCC2)cc1. The quantitative estimate of drug-likeness (QED) is 0.818. The van der Waals surface area contributed by atoms with E-state index in [4.69, 9.17) is 9.47 Å². The summed E-state index contributed by atoms with van der Waals surface area (Å²) in [5.41, 5.74) is 1.75. The number of nitrogens with zero attached hydrogens (tertiary/aromatic N) is 1. The van der Waals surface area contributed by atoms with Crippen molar-refractivity contribution in [3.05, 3.63) is 29.8 Å². The number of β-amino-alcohol motifs (C(OH)–C–C–N with tert-alkyl or cyclic N) is 1. The van der Waals surface area contributed by atoms with Crippen LogP contribution in [0.25, 0.3) is 0 Å². The Bertz CT molecular complexity index is 513. The summed E-state index contributed by atoms with van der Waals surface area (Å²) < 4.78 is 11.1. The molecule has 1 aromatic rings. The second kappa shape index (κ2) is 8.52. The number of morpholine rings is 1. The van der Waals surface area contributed by atoms with Crippen LogP contribution in [-0.4, -0.2) is 55.6 Å². The smallest absolute Gasteiger partial charge is 0.119 e. The molecule has 0 unspecified atom stereocenters. The molecule has 0 radical (unpaired) electrons. The van der Waals surface area contributed by atoms with Crippen molar-refractivity contribution in [3.63, 3.8) is 0 Å². The first-order valence-corrected chi connectivity index (χ1v) is 9.37. The first-order chi connectivity index (χ1) is 11.7. The van der Waals surface area contributed by atoms with Gasteiger partial charge in [0.25, 0.3) is 0 Å². The molecule has 1 heterocycles. The average Bonchev–Trinajstić information content (AvgIpc) is 2.52. The highest BCUT2D eigenvalue weighted by Crippen LogP contribution is 2.36. The Labute approximate surface area is 153 Å². The fourth-order valence-corrected chi connectivity index (χ4v) is 3.76. The van der Waals surface area contributed by atoms with Crippen molar-refractivity contribution in [1.29, 1.82) is 0 Å². The Balaban J connectivity index is 1.83. The van der Waals surface area contributed by atoms with E-state index in [1.165, 1.54) is 5.56 Å². The van der Waals surface area contributed by atoms with E-state index in [0.29, 0.717) is 18.6 Å². The van der Waals surface area contributed by atoms with Crippen LogP contribution >= 0.6 is 0 Å². The molecule has 4 nitrogen and oxygen atoms in total. The van der Waals surface area contributed by atoms with Gasteiger partial charge in [-0.1, -0.05) is 46.8 Å². The molecule has 2 rings (SSSR count). The summed E-state index contributed by atoms with van der Waals surface area (Å²) in [7, 11) is 0. The molecule has 1 aromatic carbocycles. The molecule has 0 amide bonds. The molecule has 25 heavy (non-hydrogen) atoms. The number of ether oxygens (including phenoxy) is 2. The van der Waals surface area contributed by atoms with E-state index in [-0.39, 0.29) is 5.41 Å². The van der Waals surface area contributed by atoms with Gasteiger partial charge in [-0.05, 0) is 34.9 Å². The number of aliphatic hydroxyl groups is 1. The normalized spacial score (nSPS) is 18.2. The molecule has 1 atom stereocenters. The first-order valence-electron chi connectivity index (χ1n) is 9.37. The summed E-state index contributed by atoms with van der Waals surface area (Å²) in [6.07, 6.45) is 0.647. The highest BCUT2D eigenvalue weighted by Gasteiger charge is 2.27. The molecule has 0 aliphatic carbocycles. The van der Waals surface area contributed by atoms with Crippen molar-refractivity contribution >= 4 is 0 Å². The van der Waals surface area contributed by atoms with Gasteiger partial charge < -0.3 is 14.6 Å². The second-order valence-electron chi connectivity index (χ2n) is 9.02. The fourth-order valence-electron chi connectivity index (χ4n) is 3.76. The summed E-state index contributed by atoms with van der Waals surface area (Å²) in [4.78, 5) is 2.22. The molecule has 0 bridgehead atoms. The van der Waals surface area contributed by atoms with Crippen molar-refractivity contribution in [2.24, 2.45) is 5.41 Å². The lowest BCUT2D eigenvalue weighted by atomic mass is 9.72. The third-order valence-corrected chi connectivity index (χ3v) is 4.62. The van der Waals surface area contributed by atoms with Gasteiger partial charge in [-0.25, -0.2) is 0 Å². The minimum Gasteiger partial charge on any atom is -0.491 e. The highest BCUT2D eigenvalue weighted by atomic mass is 16.5. The Morgan fingerprint density at radius 1 is 1.08 bits per heavy atom. The fraction of sp³-hybridized carbons (Fsp3) is 0.714. The van der Waals surface area contributed by atoms with Crippen molar-refractivity contribution in [1.82, 2.24) is 4.90 Å². The van der Waals surface area contributed by atoms with Crippen LogP contribution in [0.3, 0.4) is 0 Å². The Morgan fingerprint density at radius 2 is 1.68 bits per heavy atom. The summed E-state index contributed by atoms with van der Waals surface area (Å²) in [6.45, 7) is 15.6. The van der Waals surface area contributed by atoms with Crippen LogP contribution in [0.1, 0.15) is 46.6 Å². The van der Waals surface area contributed by atoms with Crippen LogP contribution in [0.4, 0.5) is 0 Å². The summed E-state index contributed by atoms with van der Waals surface area (Å²) in [5, 5.41) is 10.2. The predicted molar refractivity (Wildman–Crippen MR) is 102 cm³/mol. The Kier molecular flexibility index (Phi) is 6.89. The van der Waals surface area contributed by atoms with E-state index in [1.54, 1.807) is 0 Å². The first kappa shape index (κ1) is 20.2. The maximum absolute atomic E-state index is 10.2. The summed E-state index contributed by atoms with van der Waals surface area (Å²) in [6, 6.07) is 8.33. The van der Waals surface area contributed by atoms with Gasteiger partial charge >= 0.3 is 0 Å². The largest absolute Gasteiger partial charge is 0.491 e. The van der Waals surface area contributed by atoms with Crippen molar-refractivity contribution in [3.8, 4) is 5.75 Å². The van der Waals surface area contributed by atoms with E-state index in [1.807, 2.05) is 12.1 Å². The maximum Gasteiger partial charge on any atom is 0.119 e. The van der Waals surface area contributed by atoms with E-state index in [2.05, 4.69) is 51.7 Å². The average molecular weight is 350 g/mol. The van der Waals surface area contributed by atoms with E-state index >= 15 is 0 Å². The molecule has 1 fully saturated rings. The Morgan fingerprint density at radius 3 is 2.24 bits per heavy atom. The van der Waals surface area contributed by atoms with E-state index < -0.39 is 6.10 Å².